The summed E-state index contributed by atoms with van der Waals surface area (Å²) < 4.78 is 0. The lowest BCUT2D eigenvalue weighted by Gasteiger charge is -2.29. The Labute approximate surface area is 115 Å². The van der Waals surface area contributed by atoms with Crippen molar-refractivity contribution in [3.05, 3.63) is 34.3 Å². The zero-order valence-electron chi connectivity index (χ0n) is 11.5. The quantitative estimate of drug-likeness (QED) is 0.909. The number of hydrogen-bond acceptors (Lipinski definition) is 2. The van der Waals surface area contributed by atoms with Gasteiger partial charge in [-0.1, -0.05) is 31.5 Å². The molecule has 1 aliphatic rings. The summed E-state index contributed by atoms with van der Waals surface area (Å²) >= 11 is 6.02. The van der Waals surface area contributed by atoms with Crippen LogP contribution in [0.2, 0.25) is 5.02 Å². The Morgan fingerprint density at radius 1 is 1.44 bits per heavy atom. The van der Waals surface area contributed by atoms with E-state index in [1.807, 2.05) is 12.1 Å². The SMILES string of the molecule is Cc1cc(Cl)ccc1C(CN)N1CCC(C)(C)C1. The highest BCUT2D eigenvalue weighted by Crippen LogP contribution is 2.35. The Balaban J connectivity index is 2.23. The molecule has 18 heavy (non-hydrogen) atoms. The summed E-state index contributed by atoms with van der Waals surface area (Å²) in [5.74, 6) is 0. The van der Waals surface area contributed by atoms with E-state index in [-0.39, 0.29) is 0 Å². The molecule has 0 spiro atoms. The van der Waals surface area contributed by atoms with Gasteiger partial charge in [-0.15, -0.1) is 0 Å². The van der Waals surface area contributed by atoms with Gasteiger partial charge in [0.2, 0.25) is 0 Å². The van der Waals surface area contributed by atoms with Gasteiger partial charge in [0, 0.05) is 24.2 Å². The van der Waals surface area contributed by atoms with Gasteiger partial charge in [-0.25, -0.2) is 0 Å². The van der Waals surface area contributed by atoms with E-state index in [4.69, 9.17) is 17.3 Å². The molecule has 1 saturated heterocycles. The number of aryl methyl sites for hydroxylation is 1. The summed E-state index contributed by atoms with van der Waals surface area (Å²) in [5.41, 5.74) is 8.97. The molecule has 0 amide bonds. The number of nitrogens with two attached hydrogens (primary N) is 1. The third-order valence-corrected chi connectivity index (χ3v) is 4.20. The maximum Gasteiger partial charge on any atom is 0.0473 e. The van der Waals surface area contributed by atoms with Crippen LogP contribution in [0, 0.1) is 12.3 Å². The molecule has 1 atom stereocenters. The van der Waals surface area contributed by atoms with E-state index in [0.717, 1.165) is 18.1 Å². The van der Waals surface area contributed by atoms with Gasteiger partial charge in [-0.2, -0.15) is 0 Å². The molecule has 0 aromatic heterocycles. The summed E-state index contributed by atoms with van der Waals surface area (Å²) in [4.78, 5) is 2.51. The number of hydrogen-bond donors (Lipinski definition) is 1. The predicted octanol–water partition coefficient (Wildman–Crippen LogP) is 3.38. The molecule has 2 N–H and O–H groups in total. The molecule has 1 fully saturated rings. The molecule has 0 saturated carbocycles. The molecule has 1 aliphatic heterocycles. The van der Waals surface area contributed by atoms with Gasteiger partial charge in [-0.05, 0) is 48.6 Å². The van der Waals surface area contributed by atoms with Crippen LogP contribution in [0.1, 0.15) is 37.4 Å². The lowest BCUT2D eigenvalue weighted by molar-refractivity contribution is 0.223. The highest BCUT2D eigenvalue weighted by Gasteiger charge is 2.33. The van der Waals surface area contributed by atoms with E-state index in [1.54, 1.807) is 0 Å². The minimum absolute atomic E-state index is 0.323. The largest absolute Gasteiger partial charge is 0.329 e. The van der Waals surface area contributed by atoms with Crippen molar-refractivity contribution in [2.45, 2.75) is 33.2 Å². The fourth-order valence-corrected chi connectivity index (χ4v) is 3.13. The number of benzene rings is 1. The van der Waals surface area contributed by atoms with Gasteiger partial charge in [0.1, 0.15) is 0 Å². The zero-order valence-corrected chi connectivity index (χ0v) is 12.3. The summed E-state index contributed by atoms with van der Waals surface area (Å²) in [5, 5.41) is 0.800. The van der Waals surface area contributed by atoms with E-state index in [1.165, 1.54) is 17.5 Å². The van der Waals surface area contributed by atoms with Crippen LogP contribution < -0.4 is 5.73 Å². The first-order chi connectivity index (χ1) is 8.43. The van der Waals surface area contributed by atoms with E-state index in [2.05, 4.69) is 31.7 Å². The van der Waals surface area contributed by atoms with Crippen molar-refractivity contribution in [3.8, 4) is 0 Å². The molecule has 1 aromatic carbocycles. The van der Waals surface area contributed by atoms with Crippen molar-refractivity contribution in [1.29, 1.82) is 0 Å². The summed E-state index contributed by atoms with van der Waals surface area (Å²) in [7, 11) is 0. The van der Waals surface area contributed by atoms with Crippen LogP contribution in [0.3, 0.4) is 0 Å². The average Bonchev–Trinajstić information content (AvgIpc) is 2.63. The third-order valence-electron chi connectivity index (χ3n) is 3.96. The van der Waals surface area contributed by atoms with Crippen LogP contribution >= 0.6 is 11.6 Å². The monoisotopic (exact) mass is 266 g/mol. The van der Waals surface area contributed by atoms with Gasteiger partial charge < -0.3 is 5.73 Å². The van der Waals surface area contributed by atoms with Gasteiger partial charge in [0.05, 0.1) is 0 Å². The van der Waals surface area contributed by atoms with Crippen LogP contribution in [0.15, 0.2) is 18.2 Å². The Morgan fingerprint density at radius 2 is 2.17 bits per heavy atom. The number of nitrogens with zero attached hydrogens (tertiary/aromatic N) is 1. The smallest absolute Gasteiger partial charge is 0.0473 e. The molecular formula is C15H23ClN2. The highest BCUT2D eigenvalue weighted by molar-refractivity contribution is 6.30. The molecule has 0 bridgehead atoms. The molecular weight excluding hydrogens is 244 g/mol. The Morgan fingerprint density at radius 3 is 2.67 bits per heavy atom. The molecule has 2 nitrogen and oxygen atoms in total. The Kier molecular flexibility index (Phi) is 4.00. The second kappa shape index (κ2) is 5.20. The Bertz CT molecular complexity index is 429. The van der Waals surface area contributed by atoms with Crippen molar-refractivity contribution in [2.75, 3.05) is 19.6 Å². The highest BCUT2D eigenvalue weighted by atomic mass is 35.5. The van der Waals surface area contributed by atoms with E-state index >= 15 is 0 Å². The molecule has 1 unspecified atom stereocenters. The van der Waals surface area contributed by atoms with E-state index < -0.39 is 0 Å². The lowest BCUT2D eigenvalue weighted by Crippen LogP contribution is -2.33. The predicted molar refractivity (Wildman–Crippen MR) is 78.0 cm³/mol. The fraction of sp³-hybridized carbons (Fsp3) is 0.600. The Hall–Kier alpha value is -0.570. The molecule has 0 aliphatic carbocycles. The van der Waals surface area contributed by atoms with Crippen molar-refractivity contribution >= 4 is 11.6 Å². The fourth-order valence-electron chi connectivity index (χ4n) is 2.91. The second-order valence-corrected chi connectivity index (χ2v) is 6.57. The minimum Gasteiger partial charge on any atom is -0.329 e. The average molecular weight is 267 g/mol. The van der Waals surface area contributed by atoms with Gasteiger partial charge in [0.15, 0.2) is 0 Å². The molecule has 2 rings (SSSR count). The van der Waals surface area contributed by atoms with Gasteiger partial charge in [0.25, 0.3) is 0 Å². The molecule has 3 heteroatoms. The standard InChI is InChI=1S/C15H23ClN2/c1-11-8-12(16)4-5-13(11)14(9-17)18-7-6-15(2,3)10-18/h4-5,8,14H,6-7,9-10,17H2,1-3H3. The minimum atomic E-state index is 0.323. The summed E-state index contributed by atoms with van der Waals surface area (Å²) in [6.07, 6.45) is 1.25. The number of rotatable bonds is 3. The first-order valence-electron chi connectivity index (χ1n) is 6.63. The maximum absolute atomic E-state index is 6.02. The van der Waals surface area contributed by atoms with Crippen LogP contribution in [0.4, 0.5) is 0 Å². The van der Waals surface area contributed by atoms with Gasteiger partial charge >= 0.3 is 0 Å². The maximum atomic E-state index is 6.02. The summed E-state index contributed by atoms with van der Waals surface area (Å²) in [6.45, 7) is 9.70. The second-order valence-electron chi connectivity index (χ2n) is 6.14. The molecule has 1 aromatic rings. The van der Waals surface area contributed by atoms with Gasteiger partial charge in [-0.3, -0.25) is 4.90 Å². The first kappa shape index (κ1) is 13.9. The number of halogens is 1. The third kappa shape index (κ3) is 2.87. The van der Waals surface area contributed by atoms with E-state index in [9.17, 15) is 0 Å². The topological polar surface area (TPSA) is 29.3 Å². The van der Waals surface area contributed by atoms with Crippen LogP contribution in [-0.2, 0) is 0 Å². The van der Waals surface area contributed by atoms with Crippen LogP contribution in [0.25, 0.3) is 0 Å². The van der Waals surface area contributed by atoms with Crippen molar-refractivity contribution in [2.24, 2.45) is 11.1 Å². The van der Waals surface area contributed by atoms with E-state index in [0.29, 0.717) is 18.0 Å². The molecule has 100 valence electrons. The van der Waals surface area contributed by atoms with Crippen molar-refractivity contribution in [3.63, 3.8) is 0 Å². The van der Waals surface area contributed by atoms with Crippen molar-refractivity contribution in [1.82, 2.24) is 4.90 Å². The first-order valence-corrected chi connectivity index (χ1v) is 7.01. The number of likely N-dealkylation sites (tertiary alicyclic amines) is 1. The van der Waals surface area contributed by atoms with Crippen molar-refractivity contribution < 1.29 is 0 Å². The zero-order chi connectivity index (χ0) is 13.3. The lowest BCUT2D eigenvalue weighted by atomic mass is 9.93. The normalized spacial score (nSPS) is 21.2. The van der Waals surface area contributed by atoms with Crippen LogP contribution in [0.5, 0.6) is 0 Å². The molecule has 1 heterocycles. The molecule has 0 radical (unpaired) electrons. The van der Waals surface area contributed by atoms with Crippen LogP contribution in [-0.4, -0.2) is 24.5 Å². The summed E-state index contributed by atoms with van der Waals surface area (Å²) in [6, 6.07) is 6.44.